The average molecular weight is 267 g/mol. The van der Waals surface area contributed by atoms with Crippen molar-refractivity contribution >= 4 is 16.5 Å². The van der Waals surface area contributed by atoms with Gasteiger partial charge in [0.05, 0.1) is 0 Å². The molecule has 4 nitrogen and oxygen atoms in total. The van der Waals surface area contributed by atoms with Crippen molar-refractivity contribution in [2.75, 3.05) is 18.0 Å². The lowest BCUT2D eigenvalue weighted by atomic mass is 9.94. The smallest absolute Gasteiger partial charge is 0.380 e. The van der Waals surface area contributed by atoms with Crippen LogP contribution in [0.3, 0.4) is 0 Å². The molecule has 1 aromatic heterocycles. The molecule has 2 heterocycles. The summed E-state index contributed by atoms with van der Waals surface area (Å²) in [5.41, 5.74) is -1.03. The van der Waals surface area contributed by atoms with Crippen LogP contribution in [0, 0.1) is 0 Å². The molecule has 96 valence electrons. The van der Waals surface area contributed by atoms with E-state index in [1.165, 1.54) is 16.8 Å². The topological polar surface area (TPSA) is 49.2 Å². The third-order valence-corrected chi connectivity index (χ3v) is 3.71. The largest absolute Gasteiger partial charge is 0.417 e. The minimum Gasteiger partial charge on any atom is -0.380 e. The normalized spacial score (nSPS) is 26.9. The quantitative estimate of drug-likeness (QED) is 0.843. The molecule has 1 N–H and O–H groups in total. The van der Waals surface area contributed by atoms with Crippen molar-refractivity contribution in [3.05, 3.63) is 5.51 Å². The second-order valence-corrected chi connectivity index (χ2v) is 4.90. The molecule has 0 aromatic carbocycles. The van der Waals surface area contributed by atoms with E-state index < -0.39 is 11.8 Å². The summed E-state index contributed by atoms with van der Waals surface area (Å²) in [6.07, 6.45) is -4.86. The van der Waals surface area contributed by atoms with Gasteiger partial charge in [-0.1, -0.05) is 11.3 Å². The van der Waals surface area contributed by atoms with Crippen LogP contribution >= 0.6 is 11.3 Å². The van der Waals surface area contributed by atoms with Crippen molar-refractivity contribution in [3.63, 3.8) is 0 Å². The molecule has 17 heavy (non-hydrogen) atoms. The maximum Gasteiger partial charge on any atom is 0.417 e. The number of aliphatic hydroxyl groups is 1. The monoisotopic (exact) mass is 267 g/mol. The van der Waals surface area contributed by atoms with E-state index in [1.807, 2.05) is 0 Å². The van der Waals surface area contributed by atoms with Crippen molar-refractivity contribution in [3.8, 4) is 0 Å². The van der Waals surface area contributed by atoms with Crippen LogP contribution in [0.2, 0.25) is 0 Å². The van der Waals surface area contributed by atoms with Gasteiger partial charge in [-0.3, -0.25) is 0 Å². The maximum absolute atomic E-state index is 12.7. The molecule has 1 atom stereocenters. The highest BCUT2D eigenvalue weighted by atomic mass is 32.1. The first kappa shape index (κ1) is 12.6. The predicted octanol–water partition coefficient (Wildman–Crippen LogP) is 1.82. The Kier molecular flexibility index (Phi) is 3.26. The lowest BCUT2D eigenvalue weighted by Gasteiger charge is -2.29. The molecule has 1 aliphatic heterocycles. The van der Waals surface area contributed by atoms with Gasteiger partial charge in [0.2, 0.25) is 5.13 Å². The Morgan fingerprint density at radius 3 is 2.71 bits per heavy atom. The third-order valence-electron chi connectivity index (χ3n) is 2.96. The first-order valence-electron chi connectivity index (χ1n) is 5.23. The van der Waals surface area contributed by atoms with E-state index in [4.69, 9.17) is 0 Å². The third kappa shape index (κ3) is 2.52. The van der Waals surface area contributed by atoms with Crippen molar-refractivity contribution in [1.82, 2.24) is 10.2 Å². The molecule has 0 aliphatic carbocycles. The summed E-state index contributed by atoms with van der Waals surface area (Å²) in [5.74, 6) is 0. The van der Waals surface area contributed by atoms with Gasteiger partial charge in [0.15, 0.2) is 5.60 Å². The molecular weight excluding hydrogens is 255 g/mol. The first-order valence-corrected chi connectivity index (χ1v) is 6.11. The molecule has 8 heteroatoms. The van der Waals surface area contributed by atoms with E-state index in [-0.39, 0.29) is 25.8 Å². The van der Waals surface area contributed by atoms with E-state index in [0.717, 1.165) is 0 Å². The molecule has 0 radical (unpaired) electrons. The van der Waals surface area contributed by atoms with Gasteiger partial charge in [-0.05, 0) is 12.8 Å². The van der Waals surface area contributed by atoms with E-state index in [0.29, 0.717) is 11.7 Å². The second kappa shape index (κ2) is 4.41. The van der Waals surface area contributed by atoms with Crippen LogP contribution in [0.1, 0.15) is 19.3 Å². The fourth-order valence-corrected chi connectivity index (χ4v) is 2.51. The molecule has 0 amide bonds. The second-order valence-electron chi connectivity index (χ2n) is 4.09. The van der Waals surface area contributed by atoms with Gasteiger partial charge in [-0.2, -0.15) is 13.2 Å². The van der Waals surface area contributed by atoms with Gasteiger partial charge in [0.1, 0.15) is 5.51 Å². The highest BCUT2D eigenvalue weighted by molar-refractivity contribution is 7.13. The Hall–Kier alpha value is -0.890. The molecule has 0 bridgehead atoms. The molecule has 1 aliphatic rings. The van der Waals surface area contributed by atoms with Crippen LogP contribution in [0.25, 0.3) is 0 Å². The highest BCUT2D eigenvalue weighted by Crippen LogP contribution is 2.38. The SMILES string of the molecule is OC1(C(F)(F)F)CCCN(c2nncs2)CC1. The van der Waals surface area contributed by atoms with Crippen LogP contribution in [-0.2, 0) is 0 Å². The number of hydrogen-bond acceptors (Lipinski definition) is 5. The molecule has 0 spiro atoms. The lowest BCUT2D eigenvalue weighted by Crippen LogP contribution is -2.45. The van der Waals surface area contributed by atoms with Gasteiger partial charge >= 0.3 is 6.18 Å². The zero-order valence-corrected chi connectivity index (χ0v) is 9.76. The van der Waals surface area contributed by atoms with Gasteiger partial charge in [-0.25, -0.2) is 0 Å². The Bertz CT molecular complexity index is 370. The first-order chi connectivity index (χ1) is 7.92. The van der Waals surface area contributed by atoms with Gasteiger partial charge in [0.25, 0.3) is 0 Å². The Balaban J connectivity index is 2.08. The fourth-order valence-electron chi connectivity index (χ4n) is 1.90. The zero-order valence-electron chi connectivity index (χ0n) is 8.94. The van der Waals surface area contributed by atoms with E-state index in [2.05, 4.69) is 10.2 Å². The number of anilines is 1. The number of aromatic nitrogens is 2. The Labute approximate surface area is 100 Å². The predicted molar refractivity (Wildman–Crippen MR) is 57.0 cm³/mol. The van der Waals surface area contributed by atoms with Crippen LogP contribution in [0.5, 0.6) is 0 Å². The standard InChI is InChI=1S/C9H12F3N3OS/c10-9(11,12)8(16)2-1-4-15(5-3-8)7-14-13-6-17-7/h6,16H,1-5H2. The summed E-state index contributed by atoms with van der Waals surface area (Å²) in [6, 6.07) is 0. The van der Waals surface area contributed by atoms with E-state index in [1.54, 1.807) is 4.90 Å². The van der Waals surface area contributed by atoms with Gasteiger partial charge < -0.3 is 10.0 Å². The van der Waals surface area contributed by atoms with E-state index in [9.17, 15) is 18.3 Å². The number of rotatable bonds is 1. The van der Waals surface area contributed by atoms with Gasteiger partial charge in [-0.15, -0.1) is 10.2 Å². The number of hydrogen-bond donors (Lipinski definition) is 1. The Morgan fingerprint density at radius 1 is 1.35 bits per heavy atom. The fraction of sp³-hybridized carbons (Fsp3) is 0.778. The van der Waals surface area contributed by atoms with Crippen molar-refractivity contribution < 1.29 is 18.3 Å². The maximum atomic E-state index is 12.7. The summed E-state index contributed by atoms with van der Waals surface area (Å²) in [4.78, 5) is 1.74. The van der Waals surface area contributed by atoms with Crippen molar-refractivity contribution in [1.29, 1.82) is 0 Å². The highest BCUT2D eigenvalue weighted by Gasteiger charge is 2.53. The molecular formula is C9H12F3N3OS. The summed E-state index contributed by atoms with van der Waals surface area (Å²) < 4.78 is 38.0. The molecule has 1 unspecified atom stereocenters. The van der Waals surface area contributed by atoms with Crippen LogP contribution in [0.4, 0.5) is 18.3 Å². The molecule has 2 rings (SSSR count). The lowest BCUT2D eigenvalue weighted by molar-refractivity contribution is -0.263. The average Bonchev–Trinajstić information content (AvgIpc) is 2.67. The molecule has 0 saturated carbocycles. The minimum absolute atomic E-state index is 0.144. The number of halogens is 3. The number of nitrogens with zero attached hydrogens (tertiary/aromatic N) is 3. The summed E-state index contributed by atoms with van der Waals surface area (Å²) in [6.45, 7) is 0.610. The van der Waals surface area contributed by atoms with Gasteiger partial charge in [0, 0.05) is 19.5 Å². The van der Waals surface area contributed by atoms with Crippen LogP contribution in [0.15, 0.2) is 5.51 Å². The van der Waals surface area contributed by atoms with Crippen LogP contribution < -0.4 is 4.90 Å². The summed E-state index contributed by atoms with van der Waals surface area (Å²) >= 11 is 1.29. The van der Waals surface area contributed by atoms with Crippen molar-refractivity contribution in [2.24, 2.45) is 0 Å². The Morgan fingerprint density at radius 2 is 2.12 bits per heavy atom. The molecule has 1 fully saturated rings. The van der Waals surface area contributed by atoms with E-state index >= 15 is 0 Å². The molecule has 1 saturated heterocycles. The summed E-state index contributed by atoms with van der Waals surface area (Å²) in [5, 5.41) is 17.7. The zero-order chi connectivity index (χ0) is 12.5. The summed E-state index contributed by atoms with van der Waals surface area (Å²) in [7, 11) is 0. The van der Waals surface area contributed by atoms with Crippen LogP contribution in [-0.4, -0.2) is 40.2 Å². The molecule has 1 aromatic rings. The number of alkyl halides is 3. The van der Waals surface area contributed by atoms with Crippen molar-refractivity contribution in [2.45, 2.75) is 31.0 Å². The minimum atomic E-state index is -4.57.